The first-order valence-electron chi connectivity index (χ1n) is 6.73. The van der Waals surface area contributed by atoms with Crippen LogP contribution in [0.15, 0.2) is 35.2 Å². The molecular weight excluding hydrogens is 288 g/mol. The van der Waals surface area contributed by atoms with Gasteiger partial charge in [0, 0.05) is 13.1 Å². The summed E-state index contributed by atoms with van der Waals surface area (Å²) in [5.74, 6) is 0.0189. The van der Waals surface area contributed by atoms with E-state index in [9.17, 15) is 8.42 Å². The van der Waals surface area contributed by atoms with Crippen LogP contribution in [0.25, 0.3) is 0 Å². The zero-order valence-electron chi connectivity index (χ0n) is 12.4. The summed E-state index contributed by atoms with van der Waals surface area (Å²) >= 11 is 0. The number of aromatic nitrogens is 2. The lowest BCUT2D eigenvalue weighted by Gasteiger charge is -2.17. The minimum atomic E-state index is -3.72. The zero-order valence-corrected chi connectivity index (χ0v) is 13.2. The molecule has 21 heavy (non-hydrogen) atoms. The van der Waals surface area contributed by atoms with E-state index >= 15 is 0 Å². The number of anilines is 1. The molecule has 2 aromatic rings. The molecular formula is C14H20N4O2S. The lowest BCUT2D eigenvalue weighted by atomic mass is 10.1. The van der Waals surface area contributed by atoms with Crippen LogP contribution in [0.4, 0.5) is 5.82 Å². The van der Waals surface area contributed by atoms with Crippen LogP contribution in [0.5, 0.6) is 0 Å². The normalized spacial score (nSPS) is 13.3. The average molecular weight is 308 g/mol. The van der Waals surface area contributed by atoms with Gasteiger partial charge in [0.2, 0.25) is 10.0 Å². The molecule has 1 unspecified atom stereocenters. The van der Waals surface area contributed by atoms with Gasteiger partial charge >= 0.3 is 0 Å². The summed E-state index contributed by atoms with van der Waals surface area (Å²) in [6, 6.07) is 9.17. The van der Waals surface area contributed by atoms with Crippen LogP contribution in [-0.4, -0.2) is 18.2 Å². The highest BCUT2D eigenvalue weighted by Gasteiger charge is 2.27. The number of aryl methyl sites for hydroxylation is 1. The summed E-state index contributed by atoms with van der Waals surface area (Å²) < 4.78 is 29.3. The van der Waals surface area contributed by atoms with E-state index in [1.54, 1.807) is 14.0 Å². The van der Waals surface area contributed by atoms with Crippen molar-refractivity contribution in [2.45, 2.75) is 31.2 Å². The van der Waals surface area contributed by atoms with Gasteiger partial charge in [-0.05, 0) is 18.9 Å². The lowest BCUT2D eigenvalue weighted by molar-refractivity contribution is 0.549. The predicted molar refractivity (Wildman–Crippen MR) is 82.2 cm³/mol. The topological polar surface area (TPSA) is 90.0 Å². The molecule has 0 spiro atoms. The summed E-state index contributed by atoms with van der Waals surface area (Å²) in [7, 11) is -2.05. The maximum absolute atomic E-state index is 12.6. The van der Waals surface area contributed by atoms with E-state index in [0.717, 1.165) is 5.56 Å². The van der Waals surface area contributed by atoms with Crippen LogP contribution < -0.4 is 10.5 Å². The van der Waals surface area contributed by atoms with Gasteiger partial charge in [-0.25, -0.2) is 13.1 Å². The Morgan fingerprint density at radius 3 is 2.43 bits per heavy atom. The first-order chi connectivity index (χ1) is 9.86. The highest BCUT2D eigenvalue weighted by molar-refractivity contribution is 7.89. The highest BCUT2D eigenvalue weighted by Crippen LogP contribution is 2.25. The Kier molecular flexibility index (Phi) is 4.34. The number of rotatable bonds is 5. The van der Waals surface area contributed by atoms with Gasteiger partial charge in [0.05, 0.1) is 5.69 Å². The van der Waals surface area contributed by atoms with Gasteiger partial charge in [0.1, 0.15) is 4.90 Å². The van der Waals surface area contributed by atoms with E-state index in [4.69, 9.17) is 5.73 Å². The summed E-state index contributed by atoms with van der Waals surface area (Å²) in [6.07, 6.45) is 0.641. The molecule has 1 aromatic heterocycles. The molecule has 0 saturated carbocycles. The van der Waals surface area contributed by atoms with Crippen LogP contribution in [0.3, 0.4) is 0 Å². The van der Waals surface area contributed by atoms with Gasteiger partial charge < -0.3 is 5.73 Å². The smallest absolute Gasteiger partial charge is 0.246 e. The molecule has 1 atom stereocenters. The largest absolute Gasteiger partial charge is 0.381 e. The molecule has 0 radical (unpaired) electrons. The first kappa shape index (κ1) is 15.5. The quantitative estimate of drug-likeness (QED) is 0.880. The Balaban J connectivity index is 2.36. The molecule has 0 aliphatic rings. The van der Waals surface area contributed by atoms with Crippen LogP contribution in [0.1, 0.15) is 30.6 Å². The average Bonchev–Trinajstić information content (AvgIpc) is 2.71. The van der Waals surface area contributed by atoms with Crippen molar-refractivity contribution in [3.05, 3.63) is 41.6 Å². The van der Waals surface area contributed by atoms with Crippen molar-refractivity contribution in [3.8, 4) is 0 Å². The fourth-order valence-electron chi connectivity index (χ4n) is 2.27. The summed E-state index contributed by atoms with van der Waals surface area (Å²) in [5, 5.41) is 3.96. The van der Waals surface area contributed by atoms with Crippen molar-refractivity contribution >= 4 is 15.8 Å². The van der Waals surface area contributed by atoms with Crippen molar-refractivity contribution in [2.24, 2.45) is 7.05 Å². The van der Waals surface area contributed by atoms with Crippen LogP contribution in [0.2, 0.25) is 0 Å². The van der Waals surface area contributed by atoms with Crippen molar-refractivity contribution < 1.29 is 8.42 Å². The number of sulfonamides is 1. The number of hydrogen-bond donors (Lipinski definition) is 2. The molecule has 3 N–H and O–H groups in total. The van der Waals surface area contributed by atoms with Crippen LogP contribution >= 0.6 is 0 Å². The Bertz CT molecular complexity index is 723. The fourth-order valence-corrected chi connectivity index (χ4v) is 3.90. The van der Waals surface area contributed by atoms with Gasteiger partial charge in [-0.3, -0.25) is 4.68 Å². The van der Waals surface area contributed by atoms with Gasteiger partial charge in [-0.1, -0.05) is 37.3 Å². The number of nitrogens with two attached hydrogens (primary N) is 1. The molecule has 0 amide bonds. The first-order valence-corrected chi connectivity index (χ1v) is 8.21. The highest BCUT2D eigenvalue weighted by atomic mass is 32.2. The van der Waals surface area contributed by atoms with E-state index in [-0.39, 0.29) is 16.8 Å². The van der Waals surface area contributed by atoms with E-state index in [1.165, 1.54) is 4.68 Å². The number of nitrogens with zero attached hydrogens (tertiary/aromatic N) is 2. The second-order valence-electron chi connectivity index (χ2n) is 4.92. The van der Waals surface area contributed by atoms with Crippen molar-refractivity contribution in [2.75, 3.05) is 5.73 Å². The lowest BCUT2D eigenvalue weighted by Crippen LogP contribution is -2.29. The van der Waals surface area contributed by atoms with E-state index in [2.05, 4.69) is 9.82 Å². The fraction of sp³-hybridized carbons (Fsp3) is 0.357. The van der Waals surface area contributed by atoms with Crippen LogP contribution in [-0.2, 0) is 17.1 Å². The van der Waals surface area contributed by atoms with Crippen molar-refractivity contribution in [3.63, 3.8) is 0 Å². The molecule has 2 rings (SSSR count). The SMILES string of the molecule is CCC(NS(=O)(=O)c1c(N)nn(C)c1C)c1ccccc1. The zero-order chi connectivity index (χ0) is 15.6. The molecule has 1 heterocycles. The minimum absolute atomic E-state index is 0.0189. The molecule has 114 valence electrons. The van der Waals surface area contributed by atoms with Crippen molar-refractivity contribution in [1.82, 2.24) is 14.5 Å². The molecule has 0 saturated heterocycles. The van der Waals surface area contributed by atoms with Crippen LogP contribution in [0, 0.1) is 6.92 Å². The van der Waals surface area contributed by atoms with Gasteiger partial charge in [-0.2, -0.15) is 5.10 Å². The maximum atomic E-state index is 12.6. The maximum Gasteiger partial charge on any atom is 0.246 e. The molecule has 0 aliphatic heterocycles. The number of hydrogen-bond acceptors (Lipinski definition) is 4. The monoisotopic (exact) mass is 308 g/mol. The third-order valence-electron chi connectivity index (χ3n) is 3.48. The van der Waals surface area contributed by atoms with E-state index in [1.807, 2.05) is 37.3 Å². The molecule has 0 fully saturated rings. The van der Waals surface area contributed by atoms with Crippen molar-refractivity contribution in [1.29, 1.82) is 0 Å². The molecule has 7 heteroatoms. The minimum Gasteiger partial charge on any atom is -0.381 e. The summed E-state index contributed by atoms with van der Waals surface area (Å²) in [6.45, 7) is 3.61. The summed E-state index contributed by atoms with van der Waals surface area (Å²) in [5.41, 5.74) is 7.17. The van der Waals surface area contributed by atoms with E-state index in [0.29, 0.717) is 12.1 Å². The second-order valence-corrected chi connectivity index (χ2v) is 6.57. The Morgan fingerprint density at radius 1 is 1.33 bits per heavy atom. The number of nitrogens with one attached hydrogen (secondary N) is 1. The molecule has 0 bridgehead atoms. The third-order valence-corrected chi connectivity index (χ3v) is 5.12. The third kappa shape index (κ3) is 3.08. The van der Waals surface area contributed by atoms with Gasteiger partial charge in [0.15, 0.2) is 5.82 Å². The molecule has 1 aromatic carbocycles. The molecule has 0 aliphatic carbocycles. The second kappa shape index (κ2) is 5.87. The van der Waals surface area contributed by atoms with Gasteiger partial charge in [0.25, 0.3) is 0 Å². The Labute approximate surface area is 125 Å². The standard InChI is InChI=1S/C14H20N4O2S/c1-4-12(11-8-6-5-7-9-11)17-21(19,20)13-10(2)18(3)16-14(13)15/h5-9,12,17H,4H2,1-3H3,(H2,15,16). The predicted octanol–water partition coefficient (Wildman–Crippen LogP) is 1.74. The van der Waals surface area contributed by atoms with Gasteiger partial charge in [-0.15, -0.1) is 0 Å². The Hall–Kier alpha value is -1.86. The number of benzene rings is 1. The summed E-state index contributed by atoms with van der Waals surface area (Å²) in [4.78, 5) is 0.0550. The van der Waals surface area contributed by atoms with E-state index < -0.39 is 10.0 Å². The number of nitrogen functional groups attached to an aromatic ring is 1. The Morgan fingerprint density at radius 2 is 1.95 bits per heavy atom. The molecule has 6 nitrogen and oxygen atoms in total.